The number of carbonyl (C=O) groups is 1. The van der Waals surface area contributed by atoms with E-state index in [1.807, 2.05) is 32.9 Å². The molecule has 0 saturated heterocycles. The zero-order valence-electron chi connectivity index (χ0n) is 14.3. The van der Waals surface area contributed by atoms with Gasteiger partial charge < -0.3 is 10.1 Å². The second kappa shape index (κ2) is 5.85. The lowest BCUT2D eigenvalue weighted by Crippen LogP contribution is -2.31. The van der Waals surface area contributed by atoms with Gasteiger partial charge in [-0.3, -0.25) is 0 Å². The lowest BCUT2D eigenvalue weighted by atomic mass is 10.1. The number of nitrogens with one attached hydrogen (secondary N) is 1. The Morgan fingerprint density at radius 1 is 1.26 bits per heavy atom. The molecule has 1 aliphatic rings. The number of hydrogen-bond donors (Lipinski definition) is 1. The van der Waals surface area contributed by atoms with E-state index >= 15 is 0 Å². The highest BCUT2D eigenvalue weighted by Gasteiger charge is 2.27. The number of fused-ring (bicyclic) bond motifs is 1. The molecule has 1 aromatic heterocycles. The number of rotatable bonds is 1. The van der Waals surface area contributed by atoms with Gasteiger partial charge in [0.05, 0.1) is 5.69 Å². The van der Waals surface area contributed by atoms with Crippen molar-refractivity contribution < 1.29 is 9.53 Å². The Morgan fingerprint density at radius 2 is 2.00 bits per heavy atom. The van der Waals surface area contributed by atoms with Crippen molar-refractivity contribution in [3.05, 3.63) is 47.2 Å². The minimum absolute atomic E-state index is 0.293. The summed E-state index contributed by atoms with van der Waals surface area (Å²) >= 11 is 0. The average Bonchev–Trinajstić information content (AvgIpc) is 2.85. The Hall–Kier alpha value is -2.07. The first-order valence-electron chi connectivity index (χ1n) is 8.10. The summed E-state index contributed by atoms with van der Waals surface area (Å²) in [6.45, 7) is 9.44. The smallest absolute Gasteiger partial charge is 0.419 e. The SMILES string of the molecule is Cc1ccccc1-c1cc2c(n1C(=O)OC(C)(C)C)CCNC2. The summed E-state index contributed by atoms with van der Waals surface area (Å²) in [5, 5.41) is 3.37. The number of hydrogen-bond acceptors (Lipinski definition) is 3. The molecule has 0 amide bonds. The summed E-state index contributed by atoms with van der Waals surface area (Å²) < 4.78 is 7.42. The molecule has 3 rings (SSSR count). The summed E-state index contributed by atoms with van der Waals surface area (Å²) in [5.74, 6) is 0. The van der Waals surface area contributed by atoms with Crippen molar-refractivity contribution in [2.24, 2.45) is 0 Å². The van der Waals surface area contributed by atoms with Crippen molar-refractivity contribution in [1.29, 1.82) is 0 Å². The molecule has 0 radical (unpaired) electrons. The maximum absolute atomic E-state index is 12.8. The highest BCUT2D eigenvalue weighted by Crippen LogP contribution is 2.31. The topological polar surface area (TPSA) is 43.3 Å². The third kappa shape index (κ3) is 3.17. The van der Waals surface area contributed by atoms with Gasteiger partial charge in [0.1, 0.15) is 5.60 Å². The first-order valence-corrected chi connectivity index (χ1v) is 8.10. The average molecular weight is 312 g/mol. The Balaban J connectivity index is 2.14. The van der Waals surface area contributed by atoms with E-state index < -0.39 is 5.60 Å². The maximum Gasteiger partial charge on any atom is 0.419 e. The number of carbonyl (C=O) groups excluding carboxylic acids is 1. The Kier molecular flexibility index (Phi) is 4.02. The van der Waals surface area contributed by atoms with E-state index in [0.717, 1.165) is 42.0 Å². The maximum atomic E-state index is 12.8. The molecule has 23 heavy (non-hydrogen) atoms. The van der Waals surface area contributed by atoms with E-state index in [-0.39, 0.29) is 6.09 Å². The lowest BCUT2D eigenvalue weighted by Gasteiger charge is -2.23. The van der Waals surface area contributed by atoms with Gasteiger partial charge in [-0.2, -0.15) is 0 Å². The van der Waals surface area contributed by atoms with E-state index in [0.29, 0.717) is 0 Å². The van der Waals surface area contributed by atoms with Crippen LogP contribution in [0.1, 0.15) is 37.6 Å². The molecule has 0 aliphatic carbocycles. The molecular formula is C19H24N2O2. The fraction of sp³-hybridized carbons (Fsp3) is 0.421. The standard InChI is InChI=1S/C19H24N2O2/c1-13-7-5-6-8-15(13)17-11-14-12-20-10-9-16(14)21(17)18(22)23-19(2,3)4/h5-8,11,20H,9-10,12H2,1-4H3. The number of benzene rings is 1. The summed E-state index contributed by atoms with van der Waals surface area (Å²) in [4.78, 5) is 12.8. The molecule has 4 heteroatoms. The number of ether oxygens (including phenoxy) is 1. The van der Waals surface area contributed by atoms with Crippen LogP contribution in [0, 0.1) is 6.92 Å². The van der Waals surface area contributed by atoms with E-state index in [2.05, 4.69) is 30.4 Å². The van der Waals surface area contributed by atoms with Crippen LogP contribution in [-0.4, -0.2) is 22.8 Å². The third-order valence-corrected chi connectivity index (χ3v) is 4.04. The van der Waals surface area contributed by atoms with E-state index in [9.17, 15) is 4.79 Å². The van der Waals surface area contributed by atoms with Crippen LogP contribution in [0.5, 0.6) is 0 Å². The first-order chi connectivity index (χ1) is 10.9. The highest BCUT2D eigenvalue weighted by atomic mass is 16.6. The molecule has 0 unspecified atom stereocenters. The van der Waals surface area contributed by atoms with Gasteiger partial charge in [-0.25, -0.2) is 9.36 Å². The fourth-order valence-corrected chi connectivity index (χ4v) is 3.03. The molecule has 0 spiro atoms. The van der Waals surface area contributed by atoms with Gasteiger partial charge in [0, 0.05) is 30.8 Å². The normalized spacial score (nSPS) is 14.4. The zero-order chi connectivity index (χ0) is 16.6. The summed E-state index contributed by atoms with van der Waals surface area (Å²) in [6.07, 6.45) is 0.541. The van der Waals surface area contributed by atoms with E-state index in [1.165, 1.54) is 5.56 Å². The molecule has 1 N–H and O–H groups in total. The highest BCUT2D eigenvalue weighted by molar-refractivity contribution is 5.82. The predicted molar refractivity (Wildman–Crippen MR) is 91.6 cm³/mol. The molecule has 0 atom stereocenters. The quantitative estimate of drug-likeness (QED) is 0.868. The fourth-order valence-electron chi connectivity index (χ4n) is 3.03. The Labute approximate surface area is 137 Å². The van der Waals surface area contributed by atoms with Crippen LogP contribution in [0.4, 0.5) is 4.79 Å². The van der Waals surface area contributed by atoms with Gasteiger partial charge in [0.25, 0.3) is 0 Å². The van der Waals surface area contributed by atoms with Crippen molar-refractivity contribution in [3.63, 3.8) is 0 Å². The first kappa shape index (κ1) is 15.8. The molecule has 122 valence electrons. The molecule has 1 aliphatic heterocycles. The van der Waals surface area contributed by atoms with Crippen LogP contribution in [0.25, 0.3) is 11.3 Å². The number of aromatic nitrogens is 1. The van der Waals surface area contributed by atoms with Crippen molar-refractivity contribution in [2.75, 3.05) is 6.54 Å². The van der Waals surface area contributed by atoms with Crippen molar-refractivity contribution in [2.45, 2.75) is 46.3 Å². The number of aryl methyl sites for hydroxylation is 1. The predicted octanol–water partition coefficient (Wildman–Crippen LogP) is 3.89. The summed E-state index contributed by atoms with van der Waals surface area (Å²) in [6, 6.07) is 10.3. The monoisotopic (exact) mass is 312 g/mol. The Morgan fingerprint density at radius 3 is 2.70 bits per heavy atom. The zero-order valence-corrected chi connectivity index (χ0v) is 14.3. The van der Waals surface area contributed by atoms with Crippen LogP contribution in [0.3, 0.4) is 0 Å². The van der Waals surface area contributed by atoms with Gasteiger partial charge in [0.2, 0.25) is 0 Å². The molecule has 0 bridgehead atoms. The van der Waals surface area contributed by atoms with E-state index in [4.69, 9.17) is 4.74 Å². The molecule has 0 saturated carbocycles. The molecule has 1 aromatic carbocycles. The third-order valence-electron chi connectivity index (χ3n) is 4.04. The van der Waals surface area contributed by atoms with Crippen molar-refractivity contribution in [1.82, 2.24) is 9.88 Å². The van der Waals surface area contributed by atoms with Crippen LogP contribution in [0.2, 0.25) is 0 Å². The summed E-state index contributed by atoms with van der Waals surface area (Å²) in [5.41, 5.74) is 4.89. The molecule has 0 fully saturated rings. The molecular weight excluding hydrogens is 288 g/mol. The van der Waals surface area contributed by atoms with Crippen LogP contribution in [-0.2, 0) is 17.7 Å². The van der Waals surface area contributed by atoms with Crippen molar-refractivity contribution in [3.8, 4) is 11.3 Å². The van der Waals surface area contributed by atoms with Crippen LogP contribution in [0.15, 0.2) is 30.3 Å². The van der Waals surface area contributed by atoms with Crippen molar-refractivity contribution >= 4 is 6.09 Å². The molecule has 2 aromatic rings. The number of nitrogens with zero attached hydrogens (tertiary/aromatic N) is 1. The Bertz CT molecular complexity index is 738. The minimum Gasteiger partial charge on any atom is -0.443 e. The van der Waals surface area contributed by atoms with Gasteiger partial charge in [-0.1, -0.05) is 24.3 Å². The van der Waals surface area contributed by atoms with Crippen LogP contribution >= 0.6 is 0 Å². The van der Waals surface area contributed by atoms with Gasteiger partial charge >= 0.3 is 6.09 Å². The van der Waals surface area contributed by atoms with Gasteiger partial charge in [-0.05, 0) is 44.9 Å². The second-order valence-corrected chi connectivity index (χ2v) is 7.06. The molecule has 2 heterocycles. The minimum atomic E-state index is -0.510. The largest absolute Gasteiger partial charge is 0.443 e. The molecule has 4 nitrogen and oxygen atoms in total. The van der Waals surface area contributed by atoms with E-state index in [1.54, 1.807) is 4.57 Å². The summed E-state index contributed by atoms with van der Waals surface area (Å²) in [7, 11) is 0. The van der Waals surface area contributed by atoms with Gasteiger partial charge in [-0.15, -0.1) is 0 Å². The lowest BCUT2D eigenvalue weighted by molar-refractivity contribution is 0.0535. The second-order valence-electron chi connectivity index (χ2n) is 7.06. The van der Waals surface area contributed by atoms with Crippen LogP contribution < -0.4 is 5.32 Å². The van der Waals surface area contributed by atoms with Gasteiger partial charge in [0.15, 0.2) is 0 Å².